The molecule has 0 radical (unpaired) electrons. The highest BCUT2D eigenvalue weighted by molar-refractivity contribution is 6.05. The van der Waals surface area contributed by atoms with Crippen molar-refractivity contribution in [1.29, 1.82) is 0 Å². The average molecular weight is 423 g/mol. The van der Waals surface area contributed by atoms with Gasteiger partial charge in [-0.25, -0.2) is 0 Å². The summed E-state index contributed by atoms with van der Waals surface area (Å²) >= 11 is 0. The van der Waals surface area contributed by atoms with E-state index in [0.717, 1.165) is 0 Å². The maximum Gasteiger partial charge on any atom is 0.405 e. The smallest absolute Gasteiger partial charge is 0.405 e. The van der Waals surface area contributed by atoms with Crippen LogP contribution in [0.25, 0.3) is 0 Å². The molecule has 160 valence electrons. The number of anilines is 1. The molecule has 3 N–H and O–H groups in total. The third kappa shape index (κ3) is 7.46. The van der Waals surface area contributed by atoms with Gasteiger partial charge < -0.3 is 20.7 Å². The highest BCUT2D eigenvalue weighted by Gasteiger charge is 2.28. The minimum absolute atomic E-state index is 0.0174. The molecule has 0 bridgehead atoms. The first-order valence-electron chi connectivity index (χ1n) is 8.88. The molecule has 30 heavy (non-hydrogen) atoms. The summed E-state index contributed by atoms with van der Waals surface area (Å²) in [7, 11) is 0. The molecule has 1 atom stereocenters. The second-order valence-corrected chi connectivity index (χ2v) is 6.22. The van der Waals surface area contributed by atoms with E-state index in [9.17, 15) is 27.6 Å². The van der Waals surface area contributed by atoms with E-state index in [0.29, 0.717) is 5.75 Å². The summed E-state index contributed by atoms with van der Waals surface area (Å²) in [5.74, 6) is -1.70. The molecule has 0 aliphatic heterocycles. The van der Waals surface area contributed by atoms with Gasteiger partial charge >= 0.3 is 6.18 Å². The van der Waals surface area contributed by atoms with Gasteiger partial charge in [-0.2, -0.15) is 13.2 Å². The molecule has 2 aromatic carbocycles. The summed E-state index contributed by atoms with van der Waals surface area (Å²) in [5.41, 5.74) is -0.121. The number of nitrogens with one attached hydrogen (secondary N) is 3. The second kappa shape index (κ2) is 10.3. The van der Waals surface area contributed by atoms with Gasteiger partial charge in [-0.1, -0.05) is 30.3 Å². The normalized spacial score (nSPS) is 11.9. The Morgan fingerprint density at radius 2 is 1.63 bits per heavy atom. The minimum atomic E-state index is -4.56. The van der Waals surface area contributed by atoms with Crippen LogP contribution in [0.2, 0.25) is 0 Å². The van der Waals surface area contributed by atoms with E-state index < -0.39 is 36.5 Å². The first kappa shape index (κ1) is 22.7. The fourth-order valence-electron chi connectivity index (χ4n) is 2.32. The molecule has 7 nitrogen and oxygen atoms in total. The minimum Gasteiger partial charge on any atom is -0.484 e. The van der Waals surface area contributed by atoms with Crippen LogP contribution in [0.1, 0.15) is 17.3 Å². The van der Waals surface area contributed by atoms with Crippen LogP contribution in [0.15, 0.2) is 54.6 Å². The van der Waals surface area contributed by atoms with E-state index in [2.05, 4.69) is 10.6 Å². The molecular formula is C20H20F3N3O4. The van der Waals surface area contributed by atoms with Gasteiger partial charge in [0.25, 0.3) is 11.8 Å². The third-order valence-electron chi connectivity index (χ3n) is 3.76. The van der Waals surface area contributed by atoms with Gasteiger partial charge in [-0.15, -0.1) is 0 Å². The Morgan fingerprint density at radius 1 is 1.00 bits per heavy atom. The highest BCUT2D eigenvalue weighted by Crippen LogP contribution is 2.17. The number of halogens is 3. The number of para-hydroxylation sites is 2. The van der Waals surface area contributed by atoms with Crippen molar-refractivity contribution < 1.29 is 32.3 Å². The molecule has 3 amide bonds. The van der Waals surface area contributed by atoms with Crippen molar-refractivity contribution in [2.45, 2.75) is 19.1 Å². The Bertz CT molecular complexity index is 888. The molecule has 2 rings (SSSR count). The Morgan fingerprint density at radius 3 is 2.30 bits per heavy atom. The number of ether oxygens (including phenoxy) is 1. The number of hydrogen-bond donors (Lipinski definition) is 3. The SMILES string of the molecule is C[C@@H](NC(=O)COc1ccccc1)C(=O)Nc1ccccc1C(=O)NCC(F)(F)F. The number of carbonyl (C=O) groups is 3. The maximum absolute atomic E-state index is 12.3. The summed E-state index contributed by atoms with van der Waals surface area (Å²) in [4.78, 5) is 36.3. The van der Waals surface area contributed by atoms with Crippen LogP contribution >= 0.6 is 0 Å². The zero-order valence-corrected chi connectivity index (χ0v) is 16.0. The van der Waals surface area contributed by atoms with Gasteiger partial charge in [0, 0.05) is 0 Å². The van der Waals surface area contributed by atoms with Gasteiger partial charge in [0.2, 0.25) is 5.91 Å². The average Bonchev–Trinajstić information content (AvgIpc) is 2.71. The van der Waals surface area contributed by atoms with E-state index >= 15 is 0 Å². The zero-order chi connectivity index (χ0) is 22.1. The quantitative estimate of drug-likeness (QED) is 0.608. The fraction of sp³-hybridized carbons (Fsp3) is 0.250. The summed E-state index contributed by atoms with van der Waals surface area (Å²) in [6, 6.07) is 13.2. The van der Waals surface area contributed by atoms with Gasteiger partial charge in [-0.3, -0.25) is 14.4 Å². The molecule has 0 fully saturated rings. The predicted molar refractivity (Wildman–Crippen MR) is 103 cm³/mol. The lowest BCUT2D eigenvalue weighted by atomic mass is 10.1. The first-order chi connectivity index (χ1) is 14.2. The number of amides is 3. The van der Waals surface area contributed by atoms with Crippen LogP contribution < -0.4 is 20.7 Å². The summed E-state index contributed by atoms with van der Waals surface area (Å²) in [6.45, 7) is -0.387. The Hall–Kier alpha value is -3.56. The predicted octanol–water partition coefficient (Wildman–Crippen LogP) is 2.50. The molecule has 2 aromatic rings. The number of carbonyl (C=O) groups excluding carboxylic acids is 3. The molecule has 0 aromatic heterocycles. The molecule has 0 spiro atoms. The Labute approximate surface area is 170 Å². The molecular weight excluding hydrogens is 403 g/mol. The van der Waals surface area contributed by atoms with Crippen LogP contribution in [0, 0.1) is 0 Å². The van der Waals surface area contributed by atoms with Crippen LogP contribution in [0.5, 0.6) is 5.75 Å². The molecule has 0 aliphatic carbocycles. The number of benzene rings is 2. The summed E-state index contributed by atoms with van der Waals surface area (Å²) in [6.07, 6.45) is -4.56. The van der Waals surface area contributed by atoms with Crippen LogP contribution in [-0.2, 0) is 9.59 Å². The largest absolute Gasteiger partial charge is 0.484 e. The van der Waals surface area contributed by atoms with E-state index in [1.165, 1.54) is 31.2 Å². The van der Waals surface area contributed by atoms with E-state index in [1.807, 2.05) is 0 Å². The third-order valence-corrected chi connectivity index (χ3v) is 3.76. The van der Waals surface area contributed by atoms with Crippen LogP contribution in [-0.4, -0.2) is 43.1 Å². The number of rotatable bonds is 8. The van der Waals surface area contributed by atoms with Crippen molar-refractivity contribution in [3.05, 3.63) is 60.2 Å². The molecule has 0 unspecified atom stereocenters. The van der Waals surface area contributed by atoms with Crippen LogP contribution in [0.4, 0.5) is 18.9 Å². The van der Waals surface area contributed by atoms with Crippen molar-refractivity contribution >= 4 is 23.4 Å². The van der Waals surface area contributed by atoms with Crippen molar-refractivity contribution in [1.82, 2.24) is 10.6 Å². The lowest BCUT2D eigenvalue weighted by Gasteiger charge is -2.16. The standard InChI is InChI=1S/C20H20F3N3O4/c1-13(25-17(27)11-30-14-7-3-2-4-8-14)18(28)26-16-10-6-5-9-15(16)19(29)24-12-20(21,22)23/h2-10,13H,11-12H2,1H3,(H,24,29)(H,25,27)(H,26,28)/t13-/m1/s1. The maximum atomic E-state index is 12.3. The molecule has 10 heteroatoms. The first-order valence-corrected chi connectivity index (χ1v) is 8.88. The van der Waals surface area contributed by atoms with E-state index in [1.54, 1.807) is 35.6 Å². The van der Waals surface area contributed by atoms with Crippen molar-refractivity contribution in [2.24, 2.45) is 0 Å². The summed E-state index contributed by atoms with van der Waals surface area (Å²) < 4.78 is 42.2. The molecule has 0 heterocycles. The lowest BCUT2D eigenvalue weighted by molar-refractivity contribution is -0.127. The Balaban J connectivity index is 1.91. The number of alkyl halides is 3. The van der Waals surface area contributed by atoms with Gasteiger partial charge in [0.1, 0.15) is 18.3 Å². The monoisotopic (exact) mass is 423 g/mol. The van der Waals surface area contributed by atoms with Gasteiger partial charge in [0.15, 0.2) is 6.61 Å². The summed E-state index contributed by atoms with van der Waals surface area (Å²) in [5, 5.41) is 6.61. The fourth-order valence-corrected chi connectivity index (χ4v) is 2.32. The van der Waals surface area contributed by atoms with Crippen molar-refractivity contribution in [3.63, 3.8) is 0 Å². The topological polar surface area (TPSA) is 96.5 Å². The molecule has 0 saturated carbocycles. The molecule has 0 saturated heterocycles. The highest BCUT2D eigenvalue weighted by atomic mass is 19.4. The van der Waals surface area contributed by atoms with Crippen molar-refractivity contribution in [2.75, 3.05) is 18.5 Å². The van der Waals surface area contributed by atoms with Gasteiger partial charge in [-0.05, 0) is 31.2 Å². The van der Waals surface area contributed by atoms with Crippen LogP contribution in [0.3, 0.4) is 0 Å². The zero-order valence-electron chi connectivity index (χ0n) is 16.0. The van der Waals surface area contributed by atoms with E-state index in [-0.39, 0.29) is 17.9 Å². The second-order valence-electron chi connectivity index (χ2n) is 6.22. The lowest BCUT2D eigenvalue weighted by Crippen LogP contribution is -2.43. The number of hydrogen-bond acceptors (Lipinski definition) is 4. The van der Waals surface area contributed by atoms with E-state index in [4.69, 9.17) is 4.74 Å². The van der Waals surface area contributed by atoms with Crippen molar-refractivity contribution in [3.8, 4) is 5.75 Å². The van der Waals surface area contributed by atoms with Gasteiger partial charge in [0.05, 0.1) is 11.3 Å². The molecule has 0 aliphatic rings. The Kier molecular flexibility index (Phi) is 7.79.